The van der Waals surface area contributed by atoms with Gasteiger partial charge in [-0.2, -0.15) is 0 Å². The number of rotatable bonds is 5. The monoisotopic (exact) mass is 516 g/mol. The fraction of sp³-hybridized carbons (Fsp3) is 0. The number of benzene rings is 5. The summed E-state index contributed by atoms with van der Waals surface area (Å²) in [5, 5.41) is 22.4. The SMILES string of the molecule is OB(O)c1cccc2c3ccccc3n(-c3ccc(-c4cc(-c5ccccc5)nc(-c5ccccc5)c4)cc3)c12. The van der Waals surface area contributed by atoms with E-state index in [2.05, 4.69) is 77.4 Å². The van der Waals surface area contributed by atoms with E-state index in [0.717, 1.165) is 61.1 Å². The molecule has 7 rings (SSSR count). The summed E-state index contributed by atoms with van der Waals surface area (Å²) in [5.41, 5.74) is 9.37. The van der Waals surface area contributed by atoms with Gasteiger partial charge in [-0.3, -0.25) is 0 Å². The third-order valence-corrected chi connectivity index (χ3v) is 7.43. The molecule has 2 aromatic heterocycles. The maximum atomic E-state index is 10.2. The van der Waals surface area contributed by atoms with Gasteiger partial charge in [0.2, 0.25) is 0 Å². The average Bonchev–Trinajstić information content (AvgIpc) is 3.36. The molecule has 7 aromatic rings. The van der Waals surface area contributed by atoms with Crippen LogP contribution in [0.5, 0.6) is 0 Å². The van der Waals surface area contributed by atoms with Gasteiger partial charge in [-0.25, -0.2) is 4.98 Å². The van der Waals surface area contributed by atoms with Crippen molar-refractivity contribution in [2.24, 2.45) is 0 Å². The molecule has 190 valence electrons. The molecular weight excluding hydrogens is 491 g/mol. The first kappa shape index (κ1) is 24.1. The van der Waals surface area contributed by atoms with Gasteiger partial charge in [-0.05, 0) is 41.5 Å². The first-order valence-corrected chi connectivity index (χ1v) is 13.3. The van der Waals surface area contributed by atoms with Gasteiger partial charge >= 0.3 is 7.12 Å². The van der Waals surface area contributed by atoms with Gasteiger partial charge in [0.15, 0.2) is 0 Å². The van der Waals surface area contributed by atoms with Crippen molar-refractivity contribution in [3.63, 3.8) is 0 Å². The number of aromatic nitrogens is 2. The zero-order valence-electron chi connectivity index (χ0n) is 21.6. The third kappa shape index (κ3) is 4.18. The molecule has 0 bridgehead atoms. The molecule has 0 aliphatic carbocycles. The Kier molecular flexibility index (Phi) is 6.01. The van der Waals surface area contributed by atoms with Gasteiger partial charge < -0.3 is 14.6 Å². The number of hydrogen-bond acceptors (Lipinski definition) is 3. The lowest BCUT2D eigenvalue weighted by molar-refractivity contribution is 0.426. The standard InChI is InChI=1S/C35H25BN2O2/c39-36(40)31-16-9-15-30-29-14-7-8-17-34(29)38(35(30)31)28-20-18-24(19-21-28)27-22-32(25-10-3-1-4-11-25)37-33(23-27)26-12-5-2-6-13-26/h1-23,39-40H. The highest BCUT2D eigenvalue weighted by Crippen LogP contribution is 2.34. The molecular formula is C35H25BN2O2. The molecule has 0 saturated carbocycles. The van der Waals surface area contributed by atoms with E-state index in [-0.39, 0.29) is 0 Å². The lowest BCUT2D eigenvalue weighted by Gasteiger charge is -2.13. The largest absolute Gasteiger partial charge is 0.490 e. The van der Waals surface area contributed by atoms with Crippen molar-refractivity contribution < 1.29 is 10.0 Å². The summed E-state index contributed by atoms with van der Waals surface area (Å²) in [4.78, 5) is 5.00. The Balaban J connectivity index is 1.39. The molecule has 5 heteroatoms. The topological polar surface area (TPSA) is 58.3 Å². The van der Waals surface area contributed by atoms with Crippen molar-refractivity contribution in [3.05, 3.63) is 140 Å². The van der Waals surface area contributed by atoms with Crippen LogP contribution in [-0.2, 0) is 0 Å². The second kappa shape index (κ2) is 9.97. The van der Waals surface area contributed by atoms with Crippen LogP contribution in [0.1, 0.15) is 0 Å². The zero-order chi connectivity index (χ0) is 27.1. The smallest absolute Gasteiger partial charge is 0.423 e. The summed E-state index contributed by atoms with van der Waals surface area (Å²) in [6, 6.07) is 47.0. The maximum absolute atomic E-state index is 10.2. The Morgan fingerprint density at radius 2 is 1.07 bits per heavy atom. The summed E-state index contributed by atoms with van der Waals surface area (Å²) >= 11 is 0. The summed E-state index contributed by atoms with van der Waals surface area (Å²) in [5.74, 6) is 0. The molecule has 0 fully saturated rings. The van der Waals surface area contributed by atoms with E-state index in [1.165, 1.54) is 0 Å². The molecule has 0 aliphatic rings. The quantitative estimate of drug-likeness (QED) is 0.246. The molecule has 4 nitrogen and oxygen atoms in total. The van der Waals surface area contributed by atoms with Crippen LogP contribution in [0.4, 0.5) is 0 Å². The Morgan fingerprint density at radius 1 is 0.500 bits per heavy atom. The average molecular weight is 516 g/mol. The van der Waals surface area contributed by atoms with E-state index in [1.807, 2.05) is 60.7 Å². The summed E-state index contributed by atoms with van der Waals surface area (Å²) in [7, 11) is -1.57. The molecule has 0 unspecified atom stereocenters. The van der Waals surface area contributed by atoms with Crippen LogP contribution in [0.2, 0.25) is 0 Å². The summed E-state index contributed by atoms with van der Waals surface area (Å²) < 4.78 is 2.11. The van der Waals surface area contributed by atoms with Gasteiger partial charge in [-0.1, -0.05) is 109 Å². The van der Waals surface area contributed by atoms with E-state index < -0.39 is 7.12 Å². The van der Waals surface area contributed by atoms with Gasteiger partial charge in [-0.15, -0.1) is 0 Å². The van der Waals surface area contributed by atoms with E-state index in [4.69, 9.17) is 4.98 Å². The highest BCUT2D eigenvalue weighted by atomic mass is 16.4. The van der Waals surface area contributed by atoms with Crippen molar-refractivity contribution in [1.82, 2.24) is 9.55 Å². The number of para-hydroxylation sites is 2. The van der Waals surface area contributed by atoms with Crippen molar-refractivity contribution >= 4 is 34.4 Å². The molecule has 0 amide bonds. The van der Waals surface area contributed by atoms with Crippen molar-refractivity contribution in [2.75, 3.05) is 0 Å². The van der Waals surface area contributed by atoms with Crippen molar-refractivity contribution in [2.45, 2.75) is 0 Å². The van der Waals surface area contributed by atoms with Crippen LogP contribution < -0.4 is 5.46 Å². The zero-order valence-corrected chi connectivity index (χ0v) is 21.6. The summed E-state index contributed by atoms with van der Waals surface area (Å²) in [6.07, 6.45) is 0. The van der Waals surface area contributed by atoms with Crippen LogP contribution in [-0.4, -0.2) is 26.7 Å². The minimum Gasteiger partial charge on any atom is -0.423 e. The highest BCUT2D eigenvalue weighted by Gasteiger charge is 2.21. The number of fused-ring (bicyclic) bond motifs is 3. The molecule has 0 aliphatic heterocycles. The molecule has 5 aromatic carbocycles. The molecule has 0 spiro atoms. The van der Waals surface area contributed by atoms with Crippen LogP contribution in [0, 0.1) is 0 Å². The first-order valence-electron chi connectivity index (χ1n) is 13.3. The Hall–Kier alpha value is -4.97. The van der Waals surface area contributed by atoms with E-state index in [0.29, 0.717) is 5.46 Å². The molecule has 0 radical (unpaired) electrons. The Bertz CT molecular complexity index is 1910. The van der Waals surface area contributed by atoms with Gasteiger partial charge in [0, 0.05) is 33.0 Å². The number of hydrogen-bond donors (Lipinski definition) is 2. The van der Waals surface area contributed by atoms with E-state index in [9.17, 15) is 10.0 Å². The predicted molar refractivity (Wildman–Crippen MR) is 165 cm³/mol. The molecule has 40 heavy (non-hydrogen) atoms. The lowest BCUT2D eigenvalue weighted by Crippen LogP contribution is -2.31. The molecule has 0 atom stereocenters. The van der Waals surface area contributed by atoms with Gasteiger partial charge in [0.1, 0.15) is 0 Å². The fourth-order valence-corrected chi connectivity index (χ4v) is 5.54. The van der Waals surface area contributed by atoms with E-state index >= 15 is 0 Å². The highest BCUT2D eigenvalue weighted by molar-refractivity contribution is 6.62. The minimum absolute atomic E-state index is 0.479. The van der Waals surface area contributed by atoms with Gasteiger partial charge in [0.25, 0.3) is 0 Å². The number of pyridine rings is 1. The van der Waals surface area contributed by atoms with E-state index in [1.54, 1.807) is 6.07 Å². The fourth-order valence-electron chi connectivity index (χ4n) is 5.54. The second-order valence-electron chi connectivity index (χ2n) is 9.87. The van der Waals surface area contributed by atoms with Crippen LogP contribution in [0.25, 0.3) is 61.1 Å². The molecule has 2 heterocycles. The van der Waals surface area contributed by atoms with Crippen molar-refractivity contribution in [1.29, 1.82) is 0 Å². The van der Waals surface area contributed by atoms with Crippen LogP contribution in [0.15, 0.2) is 140 Å². The molecule has 2 N–H and O–H groups in total. The lowest BCUT2D eigenvalue weighted by atomic mass is 9.79. The first-order chi connectivity index (χ1) is 19.7. The Morgan fingerprint density at radius 3 is 1.70 bits per heavy atom. The maximum Gasteiger partial charge on any atom is 0.490 e. The van der Waals surface area contributed by atoms with Crippen LogP contribution >= 0.6 is 0 Å². The third-order valence-electron chi connectivity index (χ3n) is 7.43. The number of nitrogens with zero attached hydrogens (tertiary/aromatic N) is 2. The molecule has 0 saturated heterocycles. The predicted octanol–water partition coefficient (Wildman–Crippen LogP) is 6.86. The summed E-state index contributed by atoms with van der Waals surface area (Å²) in [6.45, 7) is 0. The normalized spacial score (nSPS) is 11.2. The second-order valence-corrected chi connectivity index (χ2v) is 9.87. The van der Waals surface area contributed by atoms with Crippen LogP contribution in [0.3, 0.4) is 0 Å². The minimum atomic E-state index is -1.57. The Labute approximate surface area is 232 Å². The van der Waals surface area contributed by atoms with Gasteiger partial charge in [0.05, 0.1) is 22.4 Å². The van der Waals surface area contributed by atoms with Crippen molar-refractivity contribution in [3.8, 4) is 39.3 Å².